The molecule has 10 heavy (non-hydrogen) atoms. The highest BCUT2D eigenvalue weighted by molar-refractivity contribution is 7.11. The van der Waals surface area contributed by atoms with Gasteiger partial charge in [-0.05, 0) is 0 Å². The van der Waals surface area contributed by atoms with Crippen LogP contribution in [0.2, 0.25) is 0 Å². The van der Waals surface area contributed by atoms with Crippen molar-refractivity contribution in [1.29, 1.82) is 0 Å². The minimum absolute atomic E-state index is 0.625. The molecule has 0 aliphatic carbocycles. The Morgan fingerprint density at radius 1 is 1.00 bits per heavy atom. The second-order valence-corrected chi connectivity index (χ2v) is 1.68. The zero-order chi connectivity index (χ0) is 7.98. The van der Waals surface area contributed by atoms with E-state index in [2.05, 4.69) is 9.05 Å². The van der Waals surface area contributed by atoms with Gasteiger partial charge in [0.25, 0.3) is 0 Å². The van der Waals surface area contributed by atoms with Crippen molar-refractivity contribution in [3.63, 3.8) is 0 Å². The van der Waals surface area contributed by atoms with E-state index in [1.807, 2.05) is 0 Å². The summed E-state index contributed by atoms with van der Waals surface area (Å²) in [5.41, 5.74) is 0. The molecular weight excluding hydrogens is 174 g/mol. The molecule has 56 valence electrons. The summed E-state index contributed by atoms with van der Waals surface area (Å²) in [6.45, 7) is 0. The van der Waals surface area contributed by atoms with Crippen molar-refractivity contribution in [2.45, 2.75) is 0 Å². The summed E-state index contributed by atoms with van der Waals surface area (Å²) in [4.78, 5) is 20.6. The van der Waals surface area contributed by atoms with Gasteiger partial charge in [-0.25, -0.2) is 9.59 Å². The van der Waals surface area contributed by atoms with Crippen molar-refractivity contribution in [2.24, 2.45) is 0 Å². The predicted molar refractivity (Wildman–Crippen MR) is 40.7 cm³/mol. The van der Waals surface area contributed by atoms with Crippen LogP contribution < -0.4 is 0 Å². The third-order valence-corrected chi connectivity index (χ3v) is 1.05. The molecule has 4 nitrogen and oxygen atoms in total. The Kier molecular flexibility index (Phi) is 5.09. The summed E-state index contributed by atoms with van der Waals surface area (Å²) in [6.07, 6.45) is 1.92. The highest BCUT2D eigenvalue weighted by Gasteiger charge is 1.94. The maximum Gasteiger partial charge on any atom is 0.333 e. The third kappa shape index (κ3) is 4.42. The van der Waals surface area contributed by atoms with E-state index >= 15 is 0 Å². The van der Waals surface area contributed by atoms with Gasteiger partial charge in [-0.1, -0.05) is 0 Å². The average molecular weight is 180 g/mol. The van der Waals surface area contributed by atoms with Gasteiger partial charge in [-0.3, -0.25) is 0 Å². The fourth-order valence-electron chi connectivity index (χ4n) is 0.215. The molecule has 0 amide bonds. The summed E-state index contributed by atoms with van der Waals surface area (Å²) >= 11 is 0. The lowest BCUT2D eigenvalue weighted by molar-refractivity contribution is -0.130. The first-order valence-corrected chi connectivity index (χ1v) is 3.14. The zero-order valence-electron chi connectivity index (χ0n) is 4.94. The molecule has 0 aromatic carbocycles. The normalized spacial score (nSPS) is 9.40. The summed E-state index contributed by atoms with van der Waals surface area (Å²) in [6, 6.07) is 0. The smallest absolute Gasteiger partial charge is 0.333 e. The highest BCUT2D eigenvalue weighted by Crippen LogP contribution is 1.91. The molecule has 0 fully saturated rings. The Morgan fingerprint density at radius 3 is 1.50 bits per heavy atom. The molecule has 0 radical (unpaired) electrons. The van der Waals surface area contributed by atoms with Crippen LogP contribution in [0, 0.1) is 0 Å². The molecule has 6 heteroatoms. The largest absolute Gasteiger partial charge is 0.448 e. The minimum atomic E-state index is -0.625. The van der Waals surface area contributed by atoms with Gasteiger partial charge in [0.05, 0.1) is 18.9 Å². The number of carbonyl (C=O) groups excluding carboxylic acids is 2. The van der Waals surface area contributed by atoms with Gasteiger partial charge < -0.3 is 9.05 Å². The fraction of sp³-hybridized carbons (Fsp3) is 0. The van der Waals surface area contributed by atoms with Crippen LogP contribution in [0.3, 0.4) is 0 Å². The number of hydrogen-bond acceptors (Lipinski definition) is 4. The lowest BCUT2D eigenvalue weighted by Crippen LogP contribution is -1.94. The second-order valence-electron chi connectivity index (χ2n) is 1.21. The van der Waals surface area contributed by atoms with Crippen molar-refractivity contribution in [1.82, 2.24) is 0 Å². The van der Waals surface area contributed by atoms with Crippen molar-refractivity contribution >= 4 is 30.9 Å². The quantitative estimate of drug-likeness (QED) is 0.450. The zero-order valence-corrected chi connectivity index (χ0v) is 7.25. The lowest BCUT2D eigenvalue weighted by atomic mass is 10.5. The van der Waals surface area contributed by atoms with Gasteiger partial charge in [-0.2, -0.15) is 0 Å². The molecule has 0 aliphatic heterocycles. The van der Waals surface area contributed by atoms with Crippen molar-refractivity contribution in [3.8, 4) is 0 Å². The molecular formula is C4H6O4P2. The van der Waals surface area contributed by atoms with Gasteiger partial charge in [0.2, 0.25) is 0 Å². The predicted octanol–water partition coefficient (Wildman–Crippen LogP) is 0.209. The van der Waals surface area contributed by atoms with Gasteiger partial charge in [-0.15, -0.1) is 0 Å². The van der Waals surface area contributed by atoms with Gasteiger partial charge in [0.1, 0.15) is 0 Å². The van der Waals surface area contributed by atoms with E-state index in [9.17, 15) is 9.59 Å². The molecule has 0 N–H and O–H groups in total. The number of carbonyl (C=O) groups is 2. The first-order chi connectivity index (χ1) is 4.70. The summed E-state index contributed by atoms with van der Waals surface area (Å²) in [5, 5.41) is 0. The van der Waals surface area contributed by atoms with E-state index in [-0.39, 0.29) is 0 Å². The molecule has 0 aromatic heterocycles. The molecule has 0 aliphatic rings. The van der Waals surface area contributed by atoms with Crippen molar-refractivity contribution < 1.29 is 18.6 Å². The number of hydrogen-bond donors (Lipinski definition) is 0. The monoisotopic (exact) mass is 180 g/mol. The van der Waals surface area contributed by atoms with Crippen LogP contribution in [0.15, 0.2) is 12.2 Å². The Hall–Kier alpha value is -0.460. The maximum atomic E-state index is 10.3. The molecule has 2 unspecified atom stereocenters. The Bertz CT molecular complexity index is 147. The molecule has 0 bridgehead atoms. The third-order valence-electron chi connectivity index (χ3n) is 0.588. The van der Waals surface area contributed by atoms with Crippen LogP contribution in [0.1, 0.15) is 0 Å². The van der Waals surface area contributed by atoms with Crippen LogP contribution in [0.4, 0.5) is 0 Å². The van der Waals surface area contributed by atoms with Crippen LogP contribution >= 0.6 is 18.9 Å². The van der Waals surface area contributed by atoms with E-state index in [4.69, 9.17) is 0 Å². The fourth-order valence-corrected chi connectivity index (χ4v) is 0.372. The van der Waals surface area contributed by atoms with E-state index in [0.717, 1.165) is 12.2 Å². The molecule has 0 aromatic rings. The number of rotatable bonds is 2. The van der Waals surface area contributed by atoms with E-state index in [1.54, 1.807) is 18.9 Å². The van der Waals surface area contributed by atoms with E-state index in [0.29, 0.717) is 0 Å². The molecule has 0 saturated carbocycles. The van der Waals surface area contributed by atoms with Gasteiger partial charge in [0, 0.05) is 12.2 Å². The lowest BCUT2D eigenvalue weighted by Gasteiger charge is -1.88. The van der Waals surface area contributed by atoms with Crippen LogP contribution in [-0.4, -0.2) is 11.9 Å². The average Bonchev–Trinajstić information content (AvgIpc) is 1.99. The SMILES string of the molecule is O=C(/C=C\C(=O)OP)OP. The van der Waals surface area contributed by atoms with Crippen LogP contribution in [-0.2, 0) is 18.6 Å². The second kappa shape index (κ2) is 5.33. The summed E-state index contributed by atoms with van der Waals surface area (Å²) < 4.78 is 8.24. The minimum Gasteiger partial charge on any atom is -0.448 e. The first kappa shape index (κ1) is 9.54. The molecule has 0 rings (SSSR count). The molecule has 2 atom stereocenters. The summed E-state index contributed by atoms with van der Waals surface area (Å²) in [5.74, 6) is -1.25. The summed E-state index contributed by atoms with van der Waals surface area (Å²) in [7, 11) is 3.52. The molecule has 0 spiro atoms. The first-order valence-electron chi connectivity index (χ1n) is 2.20. The highest BCUT2D eigenvalue weighted by atomic mass is 31.0. The molecule has 0 heterocycles. The standard InChI is InChI=1S/C4H6O4P2/c5-3(7-9)1-2-4(6)8-10/h1-2H,9-10H2/b2-1-. The van der Waals surface area contributed by atoms with Crippen molar-refractivity contribution in [3.05, 3.63) is 12.2 Å². The van der Waals surface area contributed by atoms with E-state index in [1.165, 1.54) is 0 Å². The Morgan fingerprint density at radius 2 is 1.30 bits per heavy atom. The maximum absolute atomic E-state index is 10.3. The van der Waals surface area contributed by atoms with Gasteiger partial charge >= 0.3 is 11.9 Å². The van der Waals surface area contributed by atoms with E-state index < -0.39 is 11.9 Å². The van der Waals surface area contributed by atoms with Crippen LogP contribution in [0.25, 0.3) is 0 Å². The Labute approximate surface area is 62.5 Å². The topological polar surface area (TPSA) is 52.6 Å². The molecule has 0 saturated heterocycles. The van der Waals surface area contributed by atoms with Crippen molar-refractivity contribution in [2.75, 3.05) is 0 Å². The Balaban J connectivity index is 3.75. The van der Waals surface area contributed by atoms with Crippen LogP contribution in [0.5, 0.6) is 0 Å². The van der Waals surface area contributed by atoms with Gasteiger partial charge in [0.15, 0.2) is 0 Å².